The van der Waals surface area contributed by atoms with Gasteiger partial charge in [-0.3, -0.25) is 4.98 Å². The van der Waals surface area contributed by atoms with Gasteiger partial charge in [-0.1, -0.05) is 37.8 Å². The monoisotopic (exact) mass is 240 g/mol. The van der Waals surface area contributed by atoms with Crippen molar-refractivity contribution >= 4 is 11.6 Å². The summed E-state index contributed by atoms with van der Waals surface area (Å²) in [5.41, 5.74) is 1.12. The summed E-state index contributed by atoms with van der Waals surface area (Å²) in [6.45, 7) is 5.29. The molecule has 90 valence electrons. The summed E-state index contributed by atoms with van der Waals surface area (Å²) >= 11 is 6.03. The van der Waals surface area contributed by atoms with Gasteiger partial charge in [-0.2, -0.15) is 0 Å². The van der Waals surface area contributed by atoms with Crippen molar-refractivity contribution in [2.45, 2.75) is 52.1 Å². The molecule has 0 aromatic carbocycles. The van der Waals surface area contributed by atoms with Gasteiger partial charge in [0.2, 0.25) is 0 Å². The molecule has 0 saturated heterocycles. The SMILES string of the molecule is CCCCCC(C)NCc1ccncc1Cl. The molecule has 0 amide bonds. The van der Waals surface area contributed by atoms with E-state index < -0.39 is 0 Å². The van der Waals surface area contributed by atoms with Crippen LogP contribution in [0.1, 0.15) is 45.1 Å². The van der Waals surface area contributed by atoms with Crippen molar-refractivity contribution in [3.05, 3.63) is 29.0 Å². The van der Waals surface area contributed by atoms with E-state index in [0.29, 0.717) is 6.04 Å². The highest BCUT2D eigenvalue weighted by atomic mass is 35.5. The van der Waals surface area contributed by atoms with Crippen LogP contribution in [-0.2, 0) is 6.54 Å². The predicted octanol–water partition coefficient (Wildman–Crippen LogP) is 3.79. The fourth-order valence-electron chi connectivity index (χ4n) is 1.63. The molecule has 0 aliphatic carbocycles. The van der Waals surface area contributed by atoms with Crippen molar-refractivity contribution in [3.8, 4) is 0 Å². The molecule has 3 heteroatoms. The second-order valence-electron chi connectivity index (χ2n) is 4.24. The Morgan fingerprint density at radius 1 is 1.44 bits per heavy atom. The number of rotatable bonds is 7. The maximum Gasteiger partial charge on any atom is 0.0634 e. The molecule has 1 atom stereocenters. The topological polar surface area (TPSA) is 24.9 Å². The lowest BCUT2D eigenvalue weighted by atomic mass is 10.1. The van der Waals surface area contributed by atoms with Gasteiger partial charge < -0.3 is 5.32 Å². The summed E-state index contributed by atoms with van der Waals surface area (Å²) in [6.07, 6.45) is 8.61. The third kappa shape index (κ3) is 4.95. The molecule has 0 aliphatic heterocycles. The predicted molar refractivity (Wildman–Crippen MR) is 69.7 cm³/mol. The van der Waals surface area contributed by atoms with Crippen molar-refractivity contribution < 1.29 is 0 Å². The summed E-state index contributed by atoms with van der Waals surface area (Å²) in [5, 5.41) is 4.23. The minimum atomic E-state index is 0.552. The average molecular weight is 241 g/mol. The molecule has 0 bridgehead atoms. The van der Waals surface area contributed by atoms with Crippen molar-refractivity contribution in [1.29, 1.82) is 0 Å². The Morgan fingerprint density at radius 2 is 2.25 bits per heavy atom. The molecule has 2 nitrogen and oxygen atoms in total. The zero-order chi connectivity index (χ0) is 11.8. The van der Waals surface area contributed by atoms with Gasteiger partial charge in [0, 0.05) is 25.0 Å². The molecule has 1 rings (SSSR count). The van der Waals surface area contributed by atoms with Crippen molar-refractivity contribution in [2.24, 2.45) is 0 Å². The molecule has 1 aromatic heterocycles. The largest absolute Gasteiger partial charge is 0.310 e. The zero-order valence-corrected chi connectivity index (χ0v) is 10.9. The average Bonchev–Trinajstić information content (AvgIpc) is 2.28. The Labute approximate surface area is 103 Å². The van der Waals surface area contributed by atoms with Crippen LogP contribution in [0, 0.1) is 0 Å². The third-order valence-electron chi connectivity index (χ3n) is 2.74. The third-order valence-corrected chi connectivity index (χ3v) is 3.08. The Bertz CT molecular complexity index is 302. The molecule has 0 saturated carbocycles. The van der Waals surface area contributed by atoms with Crippen LogP contribution < -0.4 is 5.32 Å². The summed E-state index contributed by atoms with van der Waals surface area (Å²) in [6, 6.07) is 2.52. The standard InChI is InChI=1S/C13H21ClN2/c1-3-4-5-6-11(2)16-9-12-7-8-15-10-13(12)14/h7-8,10-11,16H,3-6,9H2,1-2H3. The molecule has 0 radical (unpaired) electrons. The molecule has 0 aliphatic rings. The van der Waals surface area contributed by atoms with E-state index in [2.05, 4.69) is 24.1 Å². The van der Waals surface area contributed by atoms with Crippen molar-refractivity contribution in [3.63, 3.8) is 0 Å². The van der Waals surface area contributed by atoms with E-state index >= 15 is 0 Å². The molecule has 0 spiro atoms. The van der Waals surface area contributed by atoms with Crippen molar-refractivity contribution in [2.75, 3.05) is 0 Å². The van der Waals surface area contributed by atoms with E-state index in [0.717, 1.165) is 17.1 Å². The molecule has 16 heavy (non-hydrogen) atoms. The van der Waals surface area contributed by atoms with Gasteiger partial charge in [-0.25, -0.2) is 0 Å². The Kier molecular flexibility index (Phi) is 6.43. The number of aromatic nitrogens is 1. The molecule has 1 aromatic rings. The fraction of sp³-hybridized carbons (Fsp3) is 0.615. The van der Waals surface area contributed by atoms with Crippen LogP contribution in [0.5, 0.6) is 0 Å². The quantitative estimate of drug-likeness (QED) is 0.734. The number of halogens is 1. The maximum absolute atomic E-state index is 6.03. The van der Waals surface area contributed by atoms with Crippen LogP contribution in [0.25, 0.3) is 0 Å². The Balaban J connectivity index is 2.26. The lowest BCUT2D eigenvalue weighted by Gasteiger charge is -2.13. The minimum absolute atomic E-state index is 0.552. The van der Waals surface area contributed by atoms with E-state index in [4.69, 9.17) is 11.6 Å². The minimum Gasteiger partial charge on any atom is -0.310 e. The summed E-state index contributed by atoms with van der Waals surface area (Å²) in [5.74, 6) is 0. The Morgan fingerprint density at radius 3 is 2.94 bits per heavy atom. The first-order chi connectivity index (χ1) is 7.74. The van der Waals surface area contributed by atoms with Gasteiger partial charge in [0.1, 0.15) is 0 Å². The summed E-state index contributed by atoms with van der Waals surface area (Å²) < 4.78 is 0. The zero-order valence-electron chi connectivity index (χ0n) is 10.2. The van der Waals surface area contributed by atoms with Gasteiger partial charge >= 0.3 is 0 Å². The highest BCUT2D eigenvalue weighted by Gasteiger charge is 2.03. The number of hydrogen-bond acceptors (Lipinski definition) is 2. The first-order valence-corrected chi connectivity index (χ1v) is 6.43. The first kappa shape index (κ1) is 13.5. The summed E-state index contributed by atoms with van der Waals surface area (Å²) in [7, 11) is 0. The lowest BCUT2D eigenvalue weighted by Crippen LogP contribution is -2.25. The van der Waals surface area contributed by atoms with Crippen LogP contribution in [0.4, 0.5) is 0 Å². The van der Waals surface area contributed by atoms with E-state index in [1.807, 2.05) is 6.07 Å². The van der Waals surface area contributed by atoms with Gasteiger partial charge in [0.15, 0.2) is 0 Å². The maximum atomic E-state index is 6.03. The number of unbranched alkanes of at least 4 members (excludes halogenated alkanes) is 2. The number of nitrogens with one attached hydrogen (secondary N) is 1. The van der Waals surface area contributed by atoms with Crippen LogP contribution in [0.15, 0.2) is 18.5 Å². The fourth-order valence-corrected chi connectivity index (χ4v) is 1.82. The molecule has 0 fully saturated rings. The number of nitrogens with zero attached hydrogens (tertiary/aromatic N) is 1. The smallest absolute Gasteiger partial charge is 0.0634 e. The van der Waals surface area contributed by atoms with Crippen LogP contribution in [0.3, 0.4) is 0 Å². The highest BCUT2D eigenvalue weighted by Crippen LogP contribution is 2.13. The molecular formula is C13H21ClN2. The molecule has 1 N–H and O–H groups in total. The van der Waals surface area contributed by atoms with Gasteiger partial charge in [-0.05, 0) is 25.0 Å². The lowest BCUT2D eigenvalue weighted by molar-refractivity contribution is 0.487. The van der Waals surface area contributed by atoms with Crippen LogP contribution in [0.2, 0.25) is 5.02 Å². The van der Waals surface area contributed by atoms with Crippen LogP contribution >= 0.6 is 11.6 Å². The van der Waals surface area contributed by atoms with Gasteiger partial charge in [-0.15, -0.1) is 0 Å². The highest BCUT2D eigenvalue weighted by molar-refractivity contribution is 6.31. The van der Waals surface area contributed by atoms with Gasteiger partial charge in [0.25, 0.3) is 0 Å². The van der Waals surface area contributed by atoms with E-state index in [9.17, 15) is 0 Å². The Hall–Kier alpha value is -0.600. The van der Waals surface area contributed by atoms with Crippen LogP contribution in [-0.4, -0.2) is 11.0 Å². The molecule has 1 unspecified atom stereocenters. The number of hydrogen-bond donors (Lipinski definition) is 1. The number of pyridine rings is 1. The van der Waals surface area contributed by atoms with Crippen molar-refractivity contribution in [1.82, 2.24) is 10.3 Å². The van der Waals surface area contributed by atoms with E-state index in [1.54, 1.807) is 12.4 Å². The first-order valence-electron chi connectivity index (χ1n) is 6.05. The molecule has 1 heterocycles. The molecular weight excluding hydrogens is 220 g/mol. The second-order valence-corrected chi connectivity index (χ2v) is 4.65. The normalized spacial score (nSPS) is 12.7. The van der Waals surface area contributed by atoms with Gasteiger partial charge in [0.05, 0.1) is 5.02 Å². The van der Waals surface area contributed by atoms with E-state index in [1.165, 1.54) is 25.7 Å². The second kappa shape index (κ2) is 7.64. The van der Waals surface area contributed by atoms with E-state index in [-0.39, 0.29) is 0 Å². The summed E-state index contributed by atoms with van der Waals surface area (Å²) in [4.78, 5) is 3.97.